The average Bonchev–Trinajstić information content (AvgIpc) is 1.54. The zero-order chi connectivity index (χ0) is 82.0. The van der Waals surface area contributed by atoms with Crippen molar-refractivity contribution in [2.75, 3.05) is 0 Å². The zero-order valence-corrected chi connectivity index (χ0v) is 58.5. The number of benzene rings is 24. The van der Waals surface area contributed by atoms with E-state index in [0.717, 1.165) is 179 Å². The van der Waals surface area contributed by atoms with Gasteiger partial charge in [-0.15, -0.1) is 0 Å². The number of hydrogen-bond donors (Lipinski definition) is 0. The fourth-order valence-corrected chi connectivity index (χ4v) is 18.6. The first-order valence-corrected chi connectivity index (χ1v) is 37.2. The van der Waals surface area contributed by atoms with Crippen LogP contribution in [-0.2, 0) is 0 Å². The molecule has 26 aromatic rings. The summed E-state index contributed by atoms with van der Waals surface area (Å²) in [4.78, 5) is 0. The fraction of sp³-hybridized carbons (Fsp3) is 0. The van der Waals surface area contributed by atoms with Crippen LogP contribution in [0.3, 0.4) is 0 Å². The van der Waals surface area contributed by atoms with Crippen molar-refractivity contribution in [1.82, 2.24) is 0 Å². The van der Waals surface area contributed by atoms with Gasteiger partial charge in [-0.25, -0.2) is 0 Å². The molecule has 0 radical (unpaired) electrons. The van der Waals surface area contributed by atoms with Gasteiger partial charge in [-0.2, -0.15) is 0 Å². The minimum Gasteiger partial charge on any atom is -0.456 e. The van der Waals surface area contributed by atoms with Crippen LogP contribution in [0.4, 0.5) is 0 Å². The molecule has 2 nitrogen and oxygen atoms in total. The summed E-state index contributed by atoms with van der Waals surface area (Å²) in [5, 5.41) is 31.1. The van der Waals surface area contributed by atoms with E-state index in [2.05, 4.69) is 249 Å². The summed E-state index contributed by atoms with van der Waals surface area (Å²) in [5.41, 5.74) is 9.36. The van der Waals surface area contributed by atoms with E-state index in [1.54, 1.807) is 0 Å². The minimum absolute atomic E-state index is 0.0481. The van der Waals surface area contributed by atoms with Crippen LogP contribution >= 0.6 is 0 Å². The van der Waals surface area contributed by atoms with Crippen molar-refractivity contribution in [2.45, 2.75) is 0 Å². The highest BCUT2D eigenvalue weighted by Gasteiger charge is 2.23. The van der Waals surface area contributed by atoms with Crippen LogP contribution in [0.5, 0.6) is 0 Å². The molecule has 0 saturated heterocycles. The van der Waals surface area contributed by atoms with Crippen molar-refractivity contribution < 1.29 is 25.3 Å². The molecule has 2 aromatic heterocycles. The Labute approximate surface area is 646 Å². The first-order valence-electron chi connectivity index (χ1n) is 43.2. The molecule has 26 rings (SSSR count). The van der Waals surface area contributed by atoms with Gasteiger partial charge in [0, 0.05) is 21.5 Å². The molecular formula is C108H60O2. The molecule has 24 aromatic carbocycles. The topological polar surface area (TPSA) is 26.3 Å². The van der Waals surface area contributed by atoms with Gasteiger partial charge in [-0.05, 0) is 290 Å². The second-order valence-electron chi connectivity index (χ2n) is 29.4. The SMILES string of the molecule is [2H]c1c(-c2cc(-c3ccc4ccc5cccc6ccc3c4c56)cc(-c3ccc4ccc5cccc6ccc3c4c56)c2)c([2H])c2c(oc3c([2H])c([2H])c4c([2H])c([2H])c([2H])c([2H])c4c32)c1[2H].[2H]c1c(-c2ccc3oc4ccc5ccccc5c4c3c2)c([2H])c(-c2ccc3ccc4cccc5ccc2c3c45)c([2H])c1-c1ccc2ccc3cccc4ccc1c2c34. The summed E-state index contributed by atoms with van der Waals surface area (Å²) >= 11 is 0. The molecule has 0 unspecified atom stereocenters. The van der Waals surface area contributed by atoms with Crippen LogP contribution in [0.15, 0.2) is 373 Å². The Morgan fingerprint density at radius 3 is 1.05 bits per heavy atom. The zero-order valence-electron chi connectivity index (χ0n) is 70.5. The molecule has 0 aliphatic carbocycles. The normalized spacial score (nSPS) is 13.9. The van der Waals surface area contributed by atoms with Gasteiger partial charge in [-0.1, -0.05) is 291 Å². The maximum Gasteiger partial charge on any atom is 0.136 e. The van der Waals surface area contributed by atoms with Gasteiger partial charge in [0.15, 0.2) is 0 Å². The van der Waals surface area contributed by atoms with Gasteiger partial charge in [0.05, 0.1) is 16.4 Å². The van der Waals surface area contributed by atoms with Gasteiger partial charge in [0.2, 0.25) is 0 Å². The molecule has 0 amide bonds. The third-order valence-electron chi connectivity index (χ3n) is 23.6. The van der Waals surface area contributed by atoms with Crippen molar-refractivity contribution in [3.8, 4) is 66.8 Å². The van der Waals surface area contributed by atoms with Crippen molar-refractivity contribution in [3.05, 3.63) is 364 Å². The Balaban J connectivity index is 0.000000135. The predicted octanol–water partition coefficient (Wildman–Crippen LogP) is 31.1. The molecule has 0 aliphatic rings. The van der Waals surface area contributed by atoms with E-state index < -0.39 is 36.3 Å². The van der Waals surface area contributed by atoms with Crippen LogP contribution in [-0.4, -0.2) is 0 Å². The molecule has 0 atom stereocenters. The Morgan fingerprint density at radius 1 is 0.164 bits per heavy atom. The van der Waals surface area contributed by atoms with E-state index >= 15 is 0 Å². The lowest BCUT2D eigenvalue weighted by Gasteiger charge is -2.18. The van der Waals surface area contributed by atoms with E-state index in [1.807, 2.05) is 42.5 Å². The summed E-state index contributed by atoms with van der Waals surface area (Å²) in [6.07, 6.45) is 0. The molecule has 0 fully saturated rings. The van der Waals surface area contributed by atoms with Crippen molar-refractivity contribution in [3.63, 3.8) is 0 Å². The quantitative estimate of drug-likeness (QED) is 0.155. The Morgan fingerprint density at radius 2 is 0.545 bits per heavy atom. The monoisotopic (exact) mass is 1400 g/mol. The average molecular weight is 1400 g/mol. The van der Waals surface area contributed by atoms with Crippen molar-refractivity contribution in [1.29, 1.82) is 0 Å². The predicted molar refractivity (Wildman–Crippen MR) is 470 cm³/mol. The number of rotatable bonds is 6. The summed E-state index contributed by atoms with van der Waals surface area (Å²) in [6, 6.07) is 98.3. The Bertz CT molecular complexity index is 8800. The highest BCUT2D eigenvalue weighted by atomic mass is 16.3. The van der Waals surface area contributed by atoms with E-state index in [1.165, 1.54) is 21.5 Å². The summed E-state index contributed by atoms with van der Waals surface area (Å²) < 4.78 is 124. The molecule has 0 N–H and O–H groups in total. The van der Waals surface area contributed by atoms with E-state index in [-0.39, 0.29) is 74.5 Å². The first kappa shape index (κ1) is 49.4. The molecule has 504 valence electrons. The smallest absolute Gasteiger partial charge is 0.136 e. The lowest BCUT2D eigenvalue weighted by molar-refractivity contribution is 0.669. The lowest BCUT2D eigenvalue weighted by Crippen LogP contribution is -1.91. The molecular weight excluding hydrogens is 1330 g/mol. The van der Waals surface area contributed by atoms with Gasteiger partial charge in [0.25, 0.3) is 0 Å². The number of furan rings is 2. The highest BCUT2D eigenvalue weighted by Crippen LogP contribution is 2.49. The summed E-state index contributed by atoms with van der Waals surface area (Å²) in [7, 11) is 0. The van der Waals surface area contributed by atoms with Gasteiger partial charge >= 0.3 is 0 Å². The van der Waals surface area contributed by atoms with Crippen LogP contribution in [0.2, 0.25) is 0 Å². The van der Waals surface area contributed by atoms with Crippen LogP contribution in [0, 0.1) is 0 Å². The number of fused-ring (bicyclic) bond motifs is 10. The van der Waals surface area contributed by atoms with Crippen molar-refractivity contribution >= 4 is 195 Å². The largest absolute Gasteiger partial charge is 0.456 e. The molecule has 0 bridgehead atoms. The third-order valence-corrected chi connectivity index (χ3v) is 23.6. The van der Waals surface area contributed by atoms with Crippen LogP contribution < -0.4 is 0 Å². The minimum atomic E-state index is -0.540. The highest BCUT2D eigenvalue weighted by molar-refractivity contribution is 6.31. The van der Waals surface area contributed by atoms with E-state index in [0.29, 0.717) is 22.3 Å². The van der Waals surface area contributed by atoms with Crippen LogP contribution in [0.1, 0.15) is 16.4 Å². The van der Waals surface area contributed by atoms with E-state index in [4.69, 9.17) is 17.1 Å². The third kappa shape index (κ3) is 8.70. The van der Waals surface area contributed by atoms with Crippen molar-refractivity contribution in [2.24, 2.45) is 0 Å². The summed E-state index contributed by atoms with van der Waals surface area (Å²) in [5.74, 6) is 0. The maximum atomic E-state index is 10.2. The first-order chi connectivity index (χ1) is 59.5. The standard InChI is InChI=1S/2C54H30O/c2*1-2-10-44-31(5-1)19-26-49-54(44)47-30-38(20-25-48(47)55-49)39-27-40(42-21-15-36-13-11-32-6-3-8-34-17-23-45(42)52(36)50(32)34)29-41(28-39)43-22-16-37-14-12-33-7-4-9-35-18-24-46(43)53(37)51(33)35/h2*1-30H/i1D,2D,5D,10D,19D,20D,25D,26D,30D;27D,28D,29D. The molecule has 2 heterocycles. The maximum absolute atomic E-state index is 10.2. The Kier molecular flexibility index (Phi) is 10.1. The fourth-order valence-electron chi connectivity index (χ4n) is 18.6. The number of hydrogen-bond acceptors (Lipinski definition) is 2. The second-order valence-corrected chi connectivity index (χ2v) is 29.4. The second kappa shape index (κ2) is 22.6. The molecule has 0 spiro atoms. The summed E-state index contributed by atoms with van der Waals surface area (Å²) in [6.45, 7) is 0. The lowest BCUT2D eigenvalue weighted by atomic mass is 9.86. The Hall–Kier alpha value is -14.4. The molecule has 110 heavy (non-hydrogen) atoms. The molecule has 0 saturated carbocycles. The van der Waals surface area contributed by atoms with Gasteiger partial charge in [-0.3, -0.25) is 0 Å². The van der Waals surface area contributed by atoms with Gasteiger partial charge < -0.3 is 8.83 Å². The van der Waals surface area contributed by atoms with E-state index in [9.17, 15) is 8.22 Å². The molecule has 0 aliphatic heterocycles. The molecule has 2 heteroatoms. The van der Waals surface area contributed by atoms with Crippen LogP contribution in [0.25, 0.3) is 261 Å². The van der Waals surface area contributed by atoms with Gasteiger partial charge in [0.1, 0.15) is 22.3 Å².